The smallest absolute Gasteiger partial charge is 0.319 e. The van der Waals surface area contributed by atoms with Crippen LogP contribution in [0.15, 0.2) is 42.5 Å². The van der Waals surface area contributed by atoms with Crippen LogP contribution >= 0.6 is 0 Å². The lowest BCUT2D eigenvalue weighted by atomic mass is 9.50. The molecule has 1 aromatic rings. The van der Waals surface area contributed by atoms with Crippen molar-refractivity contribution in [1.29, 1.82) is 0 Å². The van der Waals surface area contributed by atoms with Gasteiger partial charge in [0, 0.05) is 12.3 Å². The molecule has 1 aromatic carbocycles. The van der Waals surface area contributed by atoms with Gasteiger partial charge < -0.3 is 14.2 Å². The number of ether oxygens (including phenoxy) is 3. The molecule has 1 amide bonds. The van der Waals surface area contributed by atoms with Gasteiger partial charge in [0.05, 0.1) is 12.1 Å². The Bertz CT molecular complexity index is 1070. The van der Waals surface area contributed by atoms with Gasteiger partial charge in [0.2, 0.25) is 6.23 Å². The van der Waals surface area contributed by atoms with E-state index in [1.54, 1.807) is 31.2 Å². The predicted molar refractivity (Wildman–Crippen MR) is 109 cm³/mol. The fourth-order valence-electron chi connectivity index (χ4n) is 6.45. The molecule has 3 aliphatic heterocycles. The molecule has 4 aliphatic rings. The van der Waals surface area contributed by atoms with Crippen LogP contribution in [-0.4, -0.2) is 42.3 Å². The molecular weight excluding hydrogens is 416 g/mol. The minimum atomic E-state index is -1.49. The Balaban J connectivity index is 1.83. The van der Waals surface area contributed by atoms with Crippen LogP contribution in [0.3, 0.4) is 0 Å². The highest BCUT2D eigenvalue weighted by molar-refractivity contribution is 5.97. The van der Waals surface area contributed by atoms with Crippen LogP contribution in [0, 0.1) is 16.2 Å². The maximum absolute atomic E-state index is 13.6. The van der Waals surface area contributed by atoms with E-state index in [1.807, 2.05) is 13.0 Å². The molecule has 4 fully saturated rings. The predicted octanol–water partition coefficient (Wildman–Crippen LogP) is 1.63. The van der Waals surface area contributed by atoms with Crippen molar-refractivity contribution < 1.29 is 33.4 Å². The molecule has 1 N–H and O–H groups in total. The van der Waals surface area contributed by atoms with Crippen molar-refractivity contribution >= 4 is 29.5 Å². The highest BCUT2D eigenvalue weighted by atomic mass is 16.6. The van der Waals surface area contributed by atoms with E-state index in [-0.39, 0.29) is 12.8 Å². The van der Waals surface area contributed by atoms with Crippen LogP contribution in [0.5, 0.6) is 0 Å². The summed E-state index contributed by atoms with van der Waals surface area (Å²) < 4.78 is 17.2. The second-order valence-electron chi connectivity index (χ2n) is 9.24. The summed E-state index contributed by atoms with van der Waals surface area (Å²) in [4.78, 5) is 51.7. The second-order valence-corrected chi connectivity index (χ2v) is 9.24. The summed E-state index contributed by atoms with van der Waals surface area (Å²) in [5, 5.41) is 1.49. The van der Waals surface area contributed by atoms with Gasteiger partial charge in [-0.2, -0.15) is 0 Å². The highest BCUT2D eigenvalue weighted by Gasteiger charge is 2.90. The van der Waals surface area contributed by atoms with Gasteiger partial charge in [-0.15, -0.1) is 0 Å². The van der Waals surface area contributed by atoms with E-state index in [0.717, 1.165) is 0 Å². The van der Waals surface area contributed by atoms with Crippen molar-refractivity contribution in [2.45, 2.75) is 52.0 Å². The van der Waals surface area contributed by atoms with E-state index >= 15 is 0 Å². The fraction of sp³-hybridized carbons (Fsp3) is 0.478. The van der Waals surface area contributed by atoms with Gasteiger partial charge in [0.1, 0.15) is 16.9 Å². The molecule has 1 saturated carbocycles. The Hall–Kier alpha value is -3.36. The Morgan fingerprint density at radius 2 is 1.88 bits per heavy atom. The monoisotopic (exact) mass is 440 g/mol. The van der Waals surface area contributed by atoms with Crippen molar-refractivity contribution in [2.24, 2.45) is 16.2 Å². The summed E-state index contributed by atoms with van der Waals surface area (Å²) in [6.07, 6.45) is -3.27. The van der Waals surface area contributed by atoms with E-state index < -0.39 is 58.5 Å². The number of para-hydroxylation sites is 1. The van der Waals surface area contributed by atoms with Crippen LogP contribution in [0.2, 0.25) is 0 Å². The van der Waals surface area contributed by atoms with E-state index in [2.05, 4.69) is 12.0 Å². The van der Waals surface area contributed by atoms with E-state index in [4.69, 9.17) is 14.2 Å². The number of nitrogens with one attached hydrogen (secondary N) is 1. The molecule has 0 bridgehead atoms. The van der Waals surface area contributed by atoms with Gasteiger partial charge in [-0.1, -0.05) is 37.3 Å². The van der Waals surface area contributed by atoms with Crippen LogP contribution in [0.4, 0.5) is 5.69 Å². The molecule has 32 heavy (non-hydrogen) atoms. The minimum Gasteiger partial charge on any atom is -0.461 e. The average Bonchev–Trinajstić information content (AvgIpc) is 3.26. The molecule has 9 heteroatoms. The second kappa shape index (κ2) is 6.34. The number of esters is 3. The lowest BCUT2D eigenvalue weighted by Gasteiger charge is -2.56. The number of amides is 1. The Morgan fingerprint density at radius 1 is 1.19 bits per heavy atom. The number of allylic oxidation sites excluding steroid dienone is 1. The number of hydrogen-bond donors (Lipinski definition) is 1. The van der Waals surface area contributed by atoms with Crippen molar-refractivity contribution in [2.75, 3.05) is 5.01 Å². The van der Waals surface area contributed by atoms with E-state index in [9.17, 15) is 19.2 Å². The van der Waals surface area contributed by atoms with Crippen LogP contribution < -0.4 is 10.4 Å². The van der Waals surface area contributed by atoms with Gasteiger partial charge in [0.15, 0.2) is 6.10 Å². The van der Waals surface area contributed by atoms with Gasteiger partial charge in [-0.05, 0) is 25.5 Å². The third-order valence-electron chi connectivity index (χ3n) is 7.84. The quantitative estimate of drug-likeness (QED) is 0.429. The number of anilines is 1. The normalized spacial score (nSPS) is 39.4. The third-order valence-corrected chi connectivity index (χ3v) is 7.84. The number of carbonyl (C=O) groups is 4. The topological polar surface area (TPSA) is 111 Å². The van der Waals surface area contributed by atoms with Crippen molar-refractivity contribution in [3.05, 3.63) is 42.5 Å². The molecule has 0 unspecified atom stereocenters. The number of hydrazine groups is 1. The standard InChI is InChI=1S/C23H24N2O7/c1-12(2)21(4)10-15-22(11-16(27)31-15)20(29)32-19-23(21,22)17(30-13(3)26)18(28)24-25(19)14-8-6-5-7-9-14/h5-9,15,17,19H,1,10-11H2,2-4H3,(H,24,28)/t15-,17-,19-,21+,22-,23-/m0/s1. The molecular formula is C23H24N2O7. The zero-order valence-electron chi connectivity index (χ0n) is 18.0. The molecule has 9 nitrogen and oxygen atoms in total. The number of hydrogen-bond acceptors (Lipinski definition) is 8. The summed E-state index contributed by atoms with van der Waals surface area (Å²) in [6, 6.07) is 8.93. The molecule has 2 spiro atoms. The zero-order valence-corrected chi connectivity index (χ0v) is 18.0. The Morgan fingerprint density at radius 3 is 2.50 bits per heavy atom. The Labute approximate surface area is 184 Å². The molecule has 3 heterocycles. The number of rotatable bonds is 3. The molecule has 0 aromatic heterocycles. The zero-order chi connectivity index (χ0) is 23.1. The molecule has 5 rings (SSSR count). The maximum atomic E-state index is 13.6. The lowest BCUT2D eigenvalue weighted by molar-refractivity contribution is -0.190. The number of benzene rings is 1. The van der Waals surface area contributed by atoms with Crippen LogP contribution in [-0.2, 0) is 33.4 Å². The van der Waals surface area contributed by atoms with Crippen molar-refractivity contribution in [3.8, 4) is 0 Å². The fourth-order valence-corrected chi connectivity index (χ4v) is 6.45. The van der Waals surface area contributed by atoms with Crippen LogP contribution in [0.25, 0.3) is 0 Å². The third kappa shape index (κ3) is 2.13. The molecule has 1 aliphatic carbocycles. The summed E-state index contributed by atoms with van der Waals surface area (Å²) in [7, 11) is 0. The van der Waals surface area contributed by atoms with Gasteiger partial charge in [0.25, 0.3) is 5.91 Å². The molecule has 168 valence electrons. The summed E-state index contributed by atoms with van der Waals surface area (Å²) in [5.74, 6) is -2.48. The van der Waals surface area contributed by atoms with Gasteiger partial charge in [-0.25, -0.2) is 5.01 Å². The van der Waals surface area contributed by atoms with Crippen molar-refractivity contribution in [3.63, 3.8) is 0 Å². The average molecular weight is 440 g/mol. The largest absolute Gasteiger partial charge is 0.461 e. The Kier molecular flexibility index (Phi) is 4.07. The maximum Gasteiger partial charge on any atom is 0.319 e. The number of carbonyl (C=O) groups excluding carboxylic acids is 4. The summed E-state index contributed by atoms with van der Waals surface area (Å²) in [5.41, 5.74) is 0.122. The minimum absolute atomic E-state index is 0.257. The first-order valence-electron chi connectivity index (χ1n) is 10.5. The summed E-state index contributed by atoms with van der Waals surface area (Å²) >= 11 is 0. The SMILES string of the molecule is C=C(C)[C@@]1(C)C[C@@H]2OC(=O)C[C@@]23C(=O)O[C@@H]2N(c4ccccc4)NC(=O)[C@H](OC(C)=O)[C@]213. The van der Waals surface area contributed by atoms with E-state index in [1.165, 1.54) is 11.9 Å². The summed E-state index contributed by atoms with van der Waals surface area (Å²) in [6.45, 7) is 9.04. The highest BCUT2D eigenvalue weighted by Crippen LogP contribution is 2.76. The first kappa shape index (κ1) is 20.5. The van der Waals surface area contributed by atoms with Crippen LogP contribution in [0.1, 0.15) is 33.6 Å². The first-order chi connectivity index (χ1) is 15.1. The molecule has 0 radical (unpaired) electrons. The lowest BCUT2D eigenvalue weighted by Crippen LogP contribution is -2.74. The van der Waals surface area contributed by atoms with Gasteiger partial charge >= 0.3 is 17.9 Å². The first-order valence-corrected chi connectivity index (χ1v) is 10.5. The van der Waals surface area contributed by atoms with Crippen molar-refractivity contribution in [1.82, 2.24) is 5.43 Å². The molecule has 6 atom stereocenters. The van der Waals surface area contributed by atoms with Gasteiger partial charge in [-0.3, -0.25) is 24.6 Å². The number of nitrogens with zero attached hydrogens (tertiary/aromatic N) is 1. The molecule has 3 saturated heterocycles. The van der Waals surface area contributed by atoms with E-state index in [0.29, 0.717) is 11.3 Å².